The van der Waals surface area contributed by atoms with Gasteiger partial charge in [-0.25, -0.2) is 12.8 Å². The van der Waals surface area contributed by atoms with E-state index in [1.165, 1.54) is 35.2 Å². The summed E-state index contributed by atoms with van der Waals surface area (Å²) < 4.78 is 53.8. The van der Waals surface area contributed by atoms with Crippen molar-refractivity contribution in [3.05, 3.63) is 83.9 Å². The Bertz CT molecular complexity index is 1520. The molecule has 0 aliphatic carbocycles. The number of halogens is 1. The molecule has 224 valence electrons. The van der Waals surface area contributed by atoms with Crippen LogP contribution in [0, 0.1) is 11.7 Å². The van der Waals surface area contributed by atoms with Crippen LogP contribution < -0.4 is 9.46 Å². The molecule has 4 rings (SSSR count). The van der Waals surface area contributed by atoms with Crippen LogP contribution in [0.1, 0.15) is 29.8 Å². The molecule has 2 heterocycles. The Morgan fingerprint density at radius 1 is 1.14 bits per heavy atom. The van der Waals surface area contributed by atoms with E-state index < -0.39 is 21.9 Å². The number of hydrogen-bond donors (Lipinski definition) is 1. The van der Waals surface area contributed by atoms with E-state index in [2.05, 4.69) is 9.71 Å². The zero-order chi connectivity index (χ0) is 30.4. The van der Waals surface area contributed by atoms with Crippen LogP contribution in [0.25, 0.3) is 0 Å². The van der Waals surface area contributed by atoms with E-state index in [0.717, 1.165) is 17.7 Å². The van der Waals surface area contributed by atoms with Gasteiger partial charge in [0.15, 0.2) is 0 Å². The molecule has 10 nitrogen and oxygen atoms in total. The van der Waals surface area contributed by atoms with Crippen LogP contribution in [-0.2, 0) is 26.0 Å². The minimum absolute atomic E-state index is 0.0350. The van der Waals surface area contributed by atoms with Gasteiger partial charge in [0.1, 0.15) is 18.2 Å². The molecule has 2 amide bonds. The fourth-order valence-corrected chi connectivity index (χ4v) is 5.89. The van der Waals surface area contributed by atoms with Crippen molar-refractivity contribution in [1.29, 1.82) is 0 Å². The van der Waals surface area contributed by atoms with Crippen LogP contribution in [0.2, 0.25) is 0 Å². The average molecular weight is 599 g/mol. The zero-order valence-electron chi connectivity index (χ0n) is 24.0. The SMILES string of the molecule is CO[C@H]1CN(C)C(=O)c2ccc(NS(=O)(=O)c3cccc(F)c3)cc2OC[C@H](C)N(C(=O)Cc2cccnc2)C[C@@H]1C. The van der Waals surface area contributed by atoms with Crippen molar-refractivity contribution in [2.24, 2.45) is 5.92 Å². The second-order valence-corrected chi connectivity index (χ2v) is 12.1. The number of amides is 2. The fraction of sp³-hybridized carbons (Fsp3) is 0.367. The van der Waals surface area contributed by atoms with Crippen molar-refractivity contribution in [2.45, 2.75) is 37.3 Å². The van der Waals surface area contributed by atoms with E-state index in [0.29, 0.717) is 6.54 Å². The standard InChI is InChI=1S/C30H35FN4O6S/c1-20-17-35(29(36)13-22-7-6-12-32-16-22)21(2)19-41-27-15-24(33-42(38,39)25-9-5-8-23(31)14-25)10-11-26(27)30(37)34(3)18-28(20)40-4/h5-12,14-16,20-21,28,33H,13,17-19H2,1-4H3/t20-,21-,28-/m0/s1. The highest BCUT2D eigenvalue weighted by molar-refractivity contribution is 7.92. The summed E-state index contributed by atoms with van der Waals surface area (Å²) >= 11 is 0. The smallest absolute Gasteiger partial charge is 0.261 e. The molecule has 2 aromatic carbocycles. The van der Waals surface area contributed by atoms with Gasteiger partial charge in [-0.1, -0.05) is 19.1 Å². The molecule has 0 saturated carbocycles. The van der Waals surface area contributed by atoms with Crippen molar-refractivity contribution < 1.29 is 31.9 Å². The molecule has 42 heavy (non-hydrogen) atoms. The molecule has 0 radical (unpaired) electrons. The van der Waals surface area contributed by atoms with Crippen molar-refractivity contribution >= 4 is 27.5 Å². The first-order chi connectivity index (χ1) is 20.0. The number of methoxy groups -OCH3 is 1. The average Bonchev–Trinajstić information content (AvgIpc) is 2.96. The molecule has 0 unspecified atom stereocenters. The Hall–Kier alpha value is -4.03. The van der Waals surface area contributed by atoms with Gasteiger partial charge in [0.2, 0.25) is 5.91 Å². The zero-order valence-corrected chi connectivity index (χ0v) is 24.8. The molecule has 3 atom stereocenters. The van der Waals surface area contributed by atoms with Gasteiger partial charge in [0.25, 0.3) is 15.9 Å². The minimum atomic E-state index is -4.12. The lowest BCUT2D eigenvalue weighted by Gasteiger charge is -2.36. The van der Waals surface area contributed by atoms with E-state index in [1.807, 2.05) is 19.9 Å². The Kier molecular flexibility index (Phi) is 9.79. The summed E-state index contributed by atoms with van der Waals surface area (Å²) in [7, 11) is -0.901. The number of pyridine rings is 1. The monoisotopic (exact) mass is 598 g/mol. The summed E-state index contributed by atoms with van der Waals surface area (Å²) in [5, 5.41) is 0. The van der Waals surface area contributed by atoms with Gasteiger partial charge in [-0.05, 0) is 48.9 Å². The first kappa shape index (κ1) is 30.9. The molecule has 1 aliphatic rings. The third-order valence-electron chi connectivity index (χ3n) is 7.20. The maximum Gasteiger partial charge on any atom is 0.261 e. The lowest BCUT2D eigenvalue weighted by atomic mass is 10.0. The second-order valence-electron chi connectivity index (χ2n) is 10.5. The summed E-state index contributed by atoms with van der Waals surface area (Å²) in [6, 6.07) is 12.2. The van der Waals surface area contributed by atoms with E-state index in [-0.39, 0.29) is 65.3 Å². The number of ether oxygens (including phenoxy) is 2. The number of aromatic nitrogens is 1. The Morgan fingerprint density at radius 2 is 1.93 bits per heavy atom. The summed E-state index contributed by atoms with van der Waals surface area (Å²) in [5.74, 6) is -1.10. The number of benzene rings is 2. The molecule has 1 N–H and O–H groups in total. The van der Waals surface area contributed by atoms with E-state index in [1.54, 1.807) is 37.5 Å². The summed E-state index contributed by atoms with van der Waals surface area (Å²) in [4.78, 5) is 34.1. The number of rotatable bonds is 6. The third-order valence-corrected chi connectivity index (χ3v) is 8.58. The molecule has 0 saturated heterocycles. The lowest BCUT2D eigenvalue weighted by molar-refractivity contribution is -0.134. The Balaban J connectivity index is 1.66. The number of nitrogens with zero attached hydrogens (tertiary/aromatic N) is 3. The van der Waals surface area contributed by atoms with Gasteiger partial charge >= 0.3 is 0 Å². The largest absolute Gasteiger partial charge is 0.491 e. The Morgan fingerprint density at radius 3 is 2.62 bits per heavy atom. The maximum atomic E-state index is 13.7. The lowest BCUT2D eigenvalue weighted by Crippen LogP contribution is -2.49. The number of likely N-dealkylation sites (N-methyl/N-ethyl adjacent to an activating group) is 1. The van der Waals surface area contributed by atoms with Crippen molar-refractivity contribution in [1.82, 2.24) is 14.8 Å². The predicted molar refractivity (Wildman–Crippen MR) is 155 cm³/mol. The predicted octanol–water partition coefficient (Wildman–Crippen LogP) is 3.60. The normalized spacial score (nSPS) is 20.1. The van der Waals surface area contributed by atoms with Crippen LogP contribution >= 0.6 is 0 Å². The molecule has 1 aliphatic heterocycles. The van der Waals surface area contributed by atoms with Crippen LogP contribution in [-0.4, -0.2) is 81.0 Å². The highest BCUT2D eigenvalue weighted by Gasteiger charge is 2.30. The van der Waals surface area contributed by atoms with Crippen molar-refractivity contribution in [3.8, 4) is 5.75 Å². The molecule has 3 aromatic rings. The molecule has 0 bridgehead atoms. The summed E-state index contributed by atoms with van der Waals surface area (Å²) in [6.45, 7) is 4.48. The van der Waals surface area contributed by atoms with Gasteiger partial charge in [-0.3, -0.25) is 19.3 Å². The van der Waals surface area contributed by atoms with Gasteiger partial charge in [0, 0.05) is 51.6 Å². The number of hydrogen-bond acceptors (Lipinski definition) is 7. The highest BCUT2D eigenvalue weighted by atomic mass is 32.2. The number of sulfonamides is 1. The van der Waals surface area contributed by atoms with Gasteiger partial charge in [-0.15, -0.1) is 0 Å². The topological polar surface area (TPSA) is 118 Å². The fourth-order valence-electron chi connectivity index (χ4n) is 4.81. The number of nitrogens with one attached hydrogen (secondary N) is 1. The second kappa shape index (κ2) is 13.3. The van der Waals surface area contributed by atoms with E-state index in [9.17, 15) is 22.4 Å². The van der Waals surface area contributed by atoms with Gasteiger partial charge < -0.3 is 19.3 Å². The van der Waals surface area contributed by atoms with Crippen LogP contribution in [0.5, 0.6) is 5.75 Å². The Labute approximate surface area is 245 Å². The molecular weight excluding hydrogens is 563 g/mol. The van der Waals surface area contributed by atoms with Crippen molar-refractivity contribution in [2.75, 3.05) is 38.6 Å². The quantitative estimate of drug-likeness (QED) is 0.461. The van der Waals surface area contributed by atoms with Crippen LogP contribution in [0.4, 0.5) is 10.1 Å². The summed E-state index contributed by atoms with van der Waals surface area (Å²) in [5.41, 5.74) is 1.12. The molecular formula is C30H35FN4O6S. The molecule has 12 heteroatoms. The van der Waals surface area contributed by atoms with Gasteiger partial charge in [-0.2, -0.15) is 0 Å². The molecule has 1 aromatic heterocycles. The first-order valence-corrected chi connectivity index (χ1v) is 15.0. The van der Waals surface area contributed by atoms with Crippen molar-refractivity contribution in [3.63, 3.8) is 0 Å². The summed E-state index contributed by atoms with van der Waals surface area (Å²) in [6.07, 6.45) is 3.10. The number of carbonyl (C=O) groups excluding carboxylic acids is 2. The first-order valence-electron chi connectivity index (χ1n) is 13.5. The number of fused-ring (bicyclic) bond motifs is 1. The minimum Gasteiger partial charge on any atom is -0.491 e. The number of carbonyl (C=O) groups is 2. The highest BCUT2D eigenvalue weighted by Crippen LogP contribution is 2.28. The van der Waals surface area contributed by atoms with Gasteiger partial charge in [0.05, 0.1) is 34.7 Å². The molecule has 0 spiro atoms. The van der Waals surface area contributed by atoms with Crippen LogP contribution in [0.3, 0.4) is 0 Å². The van der Waals surface area contributed by atoms with E-state index >= 15 is 0 Å². The van der Waals surface area contributed by atoms with Crippen LogP contribution in [0.15, 0.2) is 71.9 Å². The third kappa shape index (κ3) is 7.42. The number of anilines is 1. The van der Waals surface area contributed by atoms with E-state index in [4.69, 9.17) is 9.47 Å². The maximum absolute atomic E-state index is 13.7. The molecule has 0 fully saturated rings.